The SMILES string of the molecule is O=C(NC(Cc1ccccc1)C(=O)NC1CC1)C1CCN(C(=O)c2ccc(Br)cc2)CC1. The molecule has 168 valence electrons. The zero-order chi connectivity index (χ0) is 22.5. The van der Waals surface area contributed by atoms with Gasteiger partial charge < -0.3 is 15.5 Å². The quantitative estimate of drug-likeness (QED) is 0.615. The Morgan fingerprint density at radius 3 is 2.22 bits per heavy atom. The number of rotatable bonds is 7. The van der Waals surface area contributed by atoms with E-state index in [-0.39, 0.29) is 29.7 Å². The molecule has 32 heavy (non-hydrogen) atoms. The molecule has 2 aliphatic rings. The first-order valence-electron chi connectivity index (χ1n) is 11.2. The fourth-order valence-corrected chi connectivity index (χ4v) is 4.26. The number of carbonyl (C=O) groups is 3. The number of piperidine rings is 1. The minimum Gasteiger partial charge on any atom is -0.352 e. The van der Waals surface area contributed by atoms with E-state index in [0.717, 1.165) is 22.9 Å². The molecule has 0 bridgehead atoms. The van der Waals surface area contributed by atoms with Gasteiger partial charge in [0.05, 0.1) is 0 Å². The summed E-state index contributed by atoms with van der Waals surface area (Å²) in [5.41, 5.74) is 1.66. The smallest absolute Gasteiger partial charge is 0.253 e. The van der Waals surface area contributed by atoms with Gasteiger partial charge in [0.1, 0.15) is 6.04 Å². The van der Waals surface area contributed by atoms with E-state index in [0.29, 0.717) is 37.9 Å². The molecule has 4 rings (SSSR count). The highest BCUT2D eigenvalue weighted by Crippen LogP contribution is 2.22. The Hall–Kier alpha value is -2.67. The minimum absolute atomic E-state index is 0.0119. The van der Waals surface area contributed by atoms with E-state index in [4.69, 9.17) is 0 Å². The number of benzene rings is 2. The Balaban J connectivity index is 1.33. The van der Waals surface area contributed by atoms with E-state index in [2.05, 4.69) is 26.6 Å². The van der Waals surface area contributed by atoms with Crippen LogP contribution in [0.2, 0.25) is 0 Å². The summed E-state index contributed by atoms with van der Waals surface area (Å²) in [5, 5.41) is 6.01. The molecule has 1 saturated heterocycles. The van der Waals surface area contributed by atoms with Gasteiger partial charge in [0.15, 0.2) is 0 Å². The Morgan fingerprint density at radius 1 is 0.938 bits per heavy atom. The number of amides is 3. The van der Waals surface area contributed by atoms with Gasteiger partial charge in [-0.3, -0.25) is 14.4 Å². The second kappa shape index (κ2) is 10.3. The number of nitrogens with one attached hydrogen (secondary N) is 2. The van der Waals surface area contributed by atoms with E-state index in [1.807, 2.05) is 42.5 Å². The summed E-state index contributed by atoms with van der Waals surface area (Å²) in [6.45, 7) is 1.06. The number of carbonyl (C=O) groups excluding carboxylic acids is 3. The van der Waals surface area contributed by atoms with Crippen LogP contribution in [-0.4, -0.2) is 47.8 Å². The third-order valence-corrected chi connectivity index (χ3v) is 6.61. The summed E-state index contributed by atoms with van der Waals surface area (Å²) >= 11 is 3.38. The monoisotopic (exact) mass is 497 g/mol. The van der Waals surface area contributed by atoms with Gasteiger partial charge in [-0.25, -0.2) is 0 Å². The molecule has 6 nitrogen and oxygen atoms in total. The lowest BCUT2D eigenvalue weighted by atomic mass is 9.94. The Kier molecular flexibility index (Phi) is 7.25. The van der Waals surface area contributed by atoms with Gasteiger partial charge in [0, 0.05) is 41.5 Å². The van der Waals surface area contributed by atoms with Crippen LogP contribution in [0, 0.1) is 5.92 Å². The molecule has 1 atom stereocenters. The van der Waals surface area contributed by atoms with Crippen LogP contribution >= 0.6 is 15.9 Å². The molecular weight excluding hydrogens is 470 g/mol. The Morgan fingerprint density at radius 2 is 1.59 bits per heavy atom. The van der Waals surface area contributed by atoms with E-state index in [1.165, 1.54) is 0 Å². The van der Waals surface area contributed by atoms with Crippen LogP contribution in [0.4, 0.5) is 0 Å². The van der Waals surface area contributed by atoms with Crippen LogP contribution < -0.4 is 10.6 Å². The molecule has 1 unspecified atom stereocenters. The first-order chi connectivity index (χ1) is 15.5. The maximum atomic E-state index is 13.0. The maximum Gasteiger partial charge on any atom is 0.253 e. The predicted octanol–water partition coefficient (Wildman–Crippen LogP) is 3.31. The van der Waals surface area contributed by atoms with Gasteiger partial charge in [-0.15, -0.1) is 0 Å². The van der Waals surface area contributed by atoms with Crippen molar-refractivity contribution in [3.8, 4) is 0 Å². The fourth-order valence-electron chi connectivity index (χ4n) is 4.00. The van der Waals surface area contributed by atoms with Crippen molar-refractivity contribution in [1.29, 1.82) is 0 Å². The molecule has 0 radical (unpaired) electrons. The van der Waals surface area contributed by atoms with Crippen molar-refractivity contribution < 1.29 is 14.4 Å². The lowest BCUT2D eigenvalue weighted by molar-refractivity contribution is -0.132. The highest BCUT2D eigenvalue weighted by Gasteiger charge is 2.32. The highest BCUT2D eigenvalue weighted by molar-refractivity contribution is 9.10. The van der Waals surface area contributed by atoms with E-state index in [1.54, 1.807) is 17.0 Å². The van der Waals surface area contributed by atoms with Crippen LogP contribution in [0.3, 0.4) is 0 Å². The summed E-state index contributed by atoms with van der Waals surface area (Å²) in [5.74, 6) is -0.432. The number of likely N-dealkylation sites (tertiary alicyclic amines) is 1. The molecule has 0 spiro atoms. The topological polar surface area (TPSA) is 78.5 Å². The van der Waals surface area contributed by atoms with Crippen molar-refractivity contribution >= 4 is 33.7 Å². The molecule has 2 N–H and O–H groups in total. The maximum absolute atomic E-state index is 13.0. The highest BCUT2D eigenvalue weighted by atomic mass is 79.9. The fraction of sp³-hybridized carbons (Fsp3) is 0.400. The van der Waals surface area contributed by atoms with Gasteiger partial charge >= 0.3 is 0 Å². The third-order valence-electron chi connectivity index (χ3n) is 6.08. The molecule has 2 fully saturated rings. The summed E-state index contributed by atoms with van der Waals surface area (Å²) in [7, 11) is 0. The third kappa shape index (κ3) is 5.97. The average Bonchev–Trinajstić information content (AvgIpc) is 3.63. The van der Waals surface area contributed by atoms with Gasteiger partial charge in [-0.05, 0) is 55.5 Å². The summed E-state index contributed by atoms with van der Waals surface area (Å²) in [4.78, 5) is 40.3. The van der Waals surface area contributed by atoms with E-state index >= 15 is 0 Å². The van der Waals surface area contributed by atoms with Crippen LogP contribution in [0.15, 0.2) is 59.1 Å². The van der Waals surface area contributed by atoms with Gasteiger partial charge in [0.2, 0.25) is 11.8 Å². The van der Waals surface area contributed by atoms with Gasteiger partial charge in [0.25, 0.3) is 5.91 Å². The minimum atomic E-state index is -0.590. The number of hydrogen-bond donors (Lipinski definition) is 2. The largest absolute Gasteiger partial charge is 0.352 e. The average molecular weight is 498 g/mol. The van der Waals surface area contributed by atoms with Crippen molar-refractivity contribution in [3.63, 3.8) is 0 Å². The number of hydrogen-bond acceptors (Lipinski definition) is 3. The predicted molar refractivity (Wildman–Crippen MR) is 126 cm³/mol. The second-order valence-electron chi connectivity index (χ2n) is 8.61. The molecular formula is C25H28BrN3O3. The van der Waals surface area contributed by atoms with Gasteiger partial charge in [-0.2, -0.15) is 0 Å². The lowest BCUT2D eigenvalue weighted by Gasteiger charge is -2.32. The van der Waals surface area contributed by atoms with E-state index < -0.39 is 6.04 Å². The molecule has 3 amide bonds. The van der Waals surface area contributed by atoms with Crippen molar-refractivity contribution in [3.05, 3.63) is 70.2 Å². The zero-order valence-corrected chi connectivity index (χ0v) is 19.5. The Bertz CT molecular complexity index is 952. The van der Waals surface area contributed by atoms with Crippen LogP contribution in [0.25, 0.3) is 0 Å². The standard InChI is InChI=1S/C25H28BrN3O3/c26-20-8-6-19(7-9-20)25(32)29-14-12-18(13-15-29)23(30)28-22(24(31)27-21-10-11-21)16-17-4-2-1-3-5-17/h1-9,18,21-22H,10-16H2,(H,27,31)(H,28,30). The second-order valence-corrected chi connectivity index (χ2v) is 9.52. The van der Waals surface area contributed by atoms with Crippen molar-refractivity contribution in [1.82, 2.24) is 15.5 Å². The summed E-state index contributed by atoms with van der Waals surface area (Å²) in [6.07, 6.45) is 3.66. The molecule has 1 aliphatic heterocycles. The molecule has 2 aromatic carbocycles. The Labute approximate surface area is 196 Å². The van der Waals surface area contributed by atoms with Crippen LogP contribution in [0.1, 0.15) is 41.6 Å². The van der Waals surface area contributed by atoms with Crippen molar-refractivity contribution in [2.75, 3.05) is 13.1 Å². The van der Waals surface area contributed by atoms with Crippen LogP contribution in [-0.2, 0) is 16.0 Å². The first-order valence-corrected chi connectivity index (χ1v) is 12.0. The zero-order valence-electron chi connectivity index (χ0n) is 17.9. The number of halogens is 1. The molecule has 7 heteroatoms. The molecule has 0 aromatic heterocycles. The molecule has 2 aromatic rings. The normalized spacial score (nSPS) is 17.5. The molecule has 1 aliphatic carbocycles. The summed E-state index contributed by atoms with van der Waals surface area (Å²) in [6, 6.07) is 16.7. The van der Waals surface area contributed by atoms with Gasteiger partial charge in [-0.1, -0.05) is 46.3 Å². The molecule has 1 heterocycles. The number of nitrogens with zero attached hydrogens (tertiary/aromatic N) is 1. The lowest BCUT2D eigenvalue weighted by Crippen LogP contribution is -2.51. The summed E-state index contributed by atoms with van der Waals surface area (Å²) < 4.78 is 0.931. The van der Waals surface area contributed by atoms with Crippen molar-refractivity contribution in [2.45, 2.75) is 44.2 Å². The van der Waals surface area contributed by atoms with Crippen molar-refractivity contribution in [2.24, 2.45) is 5.92 Å². The first kappa shape index (κ1) is 22.5. The van der Waals surface area contributed by atoms with E-state index in [9.17, 15) is 14.4 Å². The molecule has 1 saturated carbocycles. The van der Waals surface area contributed by atoms with Crippen LogP contribution in [0.5, 0.6) is 0 Å².